The Morgan fingerprint density at radius 3 is 2.50 bits per heavy atom. The second-order valence-electron chi connectivity index (χ2n) is 4.29. The summed E-state index contributed by atoms with van der Waals surface area (Å²) in [5, 5.41) is 0. The number of rotatable bonds is 2. The second kappa shape index (κ2) is 4.78. The number of hydrogen-bond donors (Lipinski definition) is 2. The van der Waals surface area contributed by atoms with Crippen LogP contribution < -0.4 is 10.9 Å². The van der Waals surface area contributed by atoms with Gasteiger partial charge < -0.3 is 4.74 Å². The highest BCUT2D eigenvalue weighted by molar-refractivity contribution is 5.69. The van der Waals surface area contributed by atoms with Crippen molar-refractivity contribution in [1.82, 2.24) is 15.4 Å². The monoisotopic (exact) mass is 224 g/mol. The largest absolute Gasteiger partial charge is 0.443 e. The summed E-state index contributed by atoms with van der Waals surface area (Å²) in [4.78, 5) is 19.3. The molecule has 1 amide bonds. The maximum atomic E-state index is 11.3. The molecule has 0 spiro atoms. The molecule has 0 bridgehead atoms. The third-order valence-electron chi connectivity index (χ3n) is 1.47. The van der Waals surface area contributed by atoms with Crippen LogP contribution in [0.4, 0.5) is 10.6 Å². The van der Waals surface area contributed by atoms with Gasteiger partial charge in [-0.1, -0.05) is 0 Å². The Labute approximate surface area is 94.4 Å². The van der Waals surface area contributed by atoms with Crippen LogP contribution in [0.3, 0.4) is 0 Å². The molecule has 1 aromatic heterocycles. The second-order valence-corrected chi connectivity index (χ2v) is 4.29. The SMILES string of the molecule is Cc1cnc(NNC(=O)OC(C)(C)C)cn1. The lowest BCUT2D eigenvalue weighted by molar-refractivity contribution is 0.0541. The molecule has 0 aliphatic carbocycles. The van der Waals surface area contributed by atoms with Crippen LogP contribution in [0, 0.1) is 6.92 Å². The van der Waals surface area contributed by atoms with Crippen molar-refractivity contribution in [1.29, 1.82) is 0 Å². The van der Waals surface area contributed by atoms with Gasteiger partial charge in [-0.15, -0.1) is 0 Å². The van der Waals surface area contributed by atoms with Crippen LogP contribution in [0.25, 0.3) is 0 Å². The lowest BCUT2D eigenvalue weighted by Gasteiger charge is -2.19. The zero-order chi connectivity index (χ0) is 12.2. The molecule has 0 unspecified atom stereocenters. The minimum atomic E-state index is -0.560. The fraction of sp³-hybridized carbons (Fsp3) is 0.500. The highest BCUT2D eigenvalue weighted by Gasteiger charge is 2.15. The summed E-state index contributed by atoms with van der Waals surface area (Å²) < 4.78 is 5.02. The molecule has 0 saturated heterocycles. The Bertz CT molecular complexity index is 356. The fourth-order valence-electron chi connectivity index (χ4n) is 0.876. The summed E-state index contributed by atoms with van der Waals surface area (Å²) in [5.41, 5.74) is 5.24. The van der Waals surface area contributed by atoms with Gasteiger partial charge in [-0.3, -0.25) is 10.4 Å². The van der Waals surface area contributed by atoms with E-state index in [-0.39, 0.29) is 0 Å². The number of ether oxygens (including phenoxy) is 1. The molecular formula is C10H16N4O2. The van der Waals surface area contributed by atoms with Gasteiger partial charge in [-0.2, -0.15) is 0 Å². The van der Waals surface area contributed by atoms with Gasteiger partial charge in [0.1, 0.15) is 5.60 Å². The first-order chi connectivity index (χ1) is 7.37. The number of aromatic nitrogens is 2. The van der Waals surface area contributed by atoms with Gasteiger partial charge in [-0.25, -0.2) is 15.2 Å². The van der Waals surface area contributed by atoms with Crippen molar-refractivity contribution in [2.75, 3.05) is 5.43 Å². The Morgan fingerprint density at radius 2 is 2.00 bits per heavy atom. The highest BCUT2D eigenvalue weighted by Crippen LogP contribution is 2.06. The van der Waals surface area contributed by atoms with E-state index in [9.17, 15) is 4.79 Å². The molecule has 0 aliphatic heterocycles. The van der Waals surface area contributed by atoms with Crippen molar-refractivity contribution in [3.63, 3.8) is 0 Å². The van der Waals surface area contributed by atoms with Gasteiger partial charge in [0, 0.05) is 0 Å². The van der Waals surface area contributed by atoms with Gasteiger partial charge >= 0.3 is 6.09 Å². The lowest BCUT2D eigenvalue weighted by atomic mass is 10.2. The van der Waals surface area contributed by atoms with Crippen LogP contribution in [-0.4, -0.2) is 21.7 Å². The van der Waals surface area contributed by atoms with E-state index in [1.807, 2.05) is 6.92 Å². The van der Waals surface area contributed by atoms with E-state index in [2.05, 4.69) is 20.8 Å². The third kappa shape index (κ3) is 4.59. The maximum absolute atomic E-state index is 11.3. The zero-order valence-corrected chi connectivity index (χ0v) is 9.87. The Hall–Kier alpha value is -1.85. The van der Waals surface area contributed by atoms with E-state index in [1.165, 1.54) is 6.20 Å². The molecule has 1 rings (SSSR count). The number of carbonyl (C=O) groups excluding carboxylic acids is 1. The Morgan fingerprint density at radius 1 is 1.31 bits per heavy atom. The third-order valence-corrected chi connectivity index (χ3v) is 1.47. The van der Waals surface area contributed by atoms with E-state index in [4.69, 9.17) is 4.74 Å². The number of hydrogen-bond acceptors (Lipinski definition) is 5. The summed E-state index contributed by atoms with van der Waals surface area (Å²) in [6, 6.07) is 0. The summed E-state index contributed by atoms with van der Waals surface area (Å²) in [6.07, 6.45) is 2.56. The zero-order valence-electron chi connectivity index (χ0n) is 9.87. The fourth-order valence-corrected chi connectivity index (χ4v) is 0.876. The first kappa shape index (κ1) is 12.2. The average molecular weight is 224 g/mol. The van der Waals surface area contributed by atoms with Crippen molar-refractivity contribution in [3.05, 3.63) is 18.1 Å². The van der Waals surface area contributed by atoms with Gasteiger partial charge in [0.2, 0.25) is 0 Å². The van der Waals surface area contributed by atoms with E-state index >= 15 is 0 Å². The lowest BCUT2D eigenvalue weighted by Crippen LogP contribution is -2.36. The molecule has 16 heavy (non-hydrogen) atoms. The molecule has 0 atom stereocenters. The average Bonchev–Trinajstić information content (AvgIpc) is 2.14. The number of anilines is 1. The molecule has 0 radical (unpaired) electrons. The molecule has 6 heteroatoms. The number of nitrogens with zero attached hydrogens (tertiary/aromatic N) is 2. The van der Waals surface area contributed by atoms with Crippen LogP contribution in [0.15, 0.2) is 12.4 Å². The van der Waals surface area contributed by atoms with E-state index < -0.39 is 11.7 Å². The van der Waals surface area contributed by atoms with Crippen molar-refractivity contribution in [2.45, 2.75) is 33.3 Å². The summed E-state index contributed by atoms with van der Waals surface area (Å²) in [6.45, 7) is 7.20. The standard InChI is InChI=1S/C10H16N4O2/c1-7-5-12-8(6-11-7)13-14-9(15)16-10(2,3)4/h5-6H,1-4H3,(H,12,13)(H,14,15). The van der Waals surface area contributed by atoms with Crippen LogP contribution in [0.1, 0.15) is 26.5 Å². The predicted molar refractivity (Wildman–Crippen MR) is 59.8 cm³/mol. The van der Waals surface area contributed by atoms with Gasteiger partial charge in [0.15, 0.2) is 5.82 Å². The highest BCUT2D eigenvalue weighted by atomic mass is 16.6. The smallest absolute Gasteiger partial charge is 0.426 e. The number of nitrogens with one attached hydrogen (secondary N) is 2. The topological polar surface area (TPSA) is 76.1 Å². The quantitative estimate of drug-likeness (QED) is 0.747. The molecular weight excluding hydrogens is 208 g/mol. The molecule has 2 N–H and O–H groups in total. The Balaban J connectivity index is 2.40. The summed E-state index contributed by atoms with van der Waals surface area (Å²) in [7, 11) is 0. The van der Waals surface area contributed by atoms with E-state index in [0.29, 0.717) is 5.82 Å². The normalized spacial score (nSPS) is 10.8. The molecule has 0 fully saturated rings. The van der Waals surface area contributed by atoms with E-state index in [1.54, 1.807) is 27.0 Å². The van der Waals surface area contributed by atoms with Crippen LogP contribution in [0.2, 0.25) is 0 Å². The maximum Gasteiger partial charge on any atom is 0.426 e. The minimum Gasteiger partial charge on any atom is -0.443 e. The van der Waals surface area contributed by atoms with Gasteiger partial charge in [0.05, 0.1) is 18.1 Å². The summed E-state index contributed by atoms with van der Waals surface area (Å²) >= 11 is 0. The molecule has 6 nitrogen and oxygen atoms in total. The van der Waals surface area contributed by atoms with Gasteiger partial charge in [-0.05, 0) is 27.7 Å². The van der Waals surface area contributed by atoms with Crippen LogP contribution in [0.5, 0.6) is 0 Å². The molecule has 0 aliphatic rings. The predicted octanol–water partition coefficient (Wildman–Crippen LogP) is 1.64. The summed E-state index contributed by atoms with van der Waals surface area (Å²) in [5.74, 6) is 0.455. The molecule has 88 valence electrons. The minimum absolute atomic E-state index is 0.455. The molecule has 0 aromatic carbocycles. The molecule has 1 aromatic rings. The number of amides is 1. The first-order valence-corrected chi connectivity index (χ1v) is 4.90. The number of aryl methyl sites for hydroxylation is 1. The van der Waals surface area contributed by atoms with Gasteiger partial charge in [0.25, 0.3) is 0 Å². The molecule has 0 saturated carbocycles. The van der Waals surface area contributed by atoms with Crippen molar-refractivity contribution < 1.29 is 9.53 Å². The van der Waals surface area contributed by atoms with Crippen molar-refractivity contribution in [3.8, 4) is 0 Å². The Kier molecular flexibility index (Phi) is 3.65. The number of hydrazine groups is 1. The van der Waals surface area contributed by atoms with Crippen molar-refractivity contribution in [2.24, 2.45) is 0 Å². The first-order valence-electron chi connectivity index (χ1n) is 4.90. The van der Waals surface area contributed by atoms with Crippen molar-refractivity contribution >= 4 is 11.9 Å². The van der Waals surface area contributed by atoms with Crippen LogP contribution in [-0.2, 0) is 4.74 Å². The van der Waals surface area contributed by atoms with E-state index in [0.717, 1.165) is 5.69 Å². The van der Waals surface area contributed by atoms with Crippen LogP contribution >= 0.6 is 0 Å². The molecule has 1 heterocycles. The number of carbonyl (C=O) groups is 1.